The number of urea groups is 1. The molecule has 1 aliphatic heterocycles. The van der Waals surface area contributed by atoms with Gasteiger partial charge in [0, 0.05) is 24.0 Å². The summed E-state index contributed by atoms with van der Waals surface area (Å²) in [4.78, 5) is 13.1. The van der Waals surface area contributed by atoms with Gasteiger partial charge in [-0.15, -0.1) is 0 Å². The topological polar surface area (TPSA) is 68.8 Å². The molecule has 1 aliphatic rings. The minimum absolute atomic E-state index is 0.348. The van der Waals surface area contributed by atoms with Crippen LogP contribution in [0.4, 0.5) is 16.2 Å². The van der Waals surface area contributed by atoms with Gasteiger partial charge < -0.3 is 24.8 Å². The fraction of sp³-hybridized carbons (Fsp3) is 0.258. The Labute approximate surface area is 217 Å². The van der Waals surface area contributed by atoms with Crippen LogP contribution in [-0.2, 0) is 4.74 Å². The van der Waals surface area contributed by atoms with Crippen molar-refractivity contribution in [3.8, 4) is 22.6 Å². The summed E-state index contributed by atoms with van der Waals surface area (Å²) in [6.45, 7) is 2.33. The third-order valence-corrected chi connectivity index (χ3v) is 6.73. The molecule has 2 N–H and O–H groups in total. The van der Waals surface area contributed by atoms with Crippen molar-refractivity contribution >= 4 is 28.2 Å². The number of anilines is 2. The predicted molar refractivity (Wildman–Crippen MR) is 149 cm³/mol. The Balaban J connectivity index is 1.30. The number of carbonyl (C=O) groups excluding carboxylic acids is 1. The fourth-order valence-electron chi connectivity index (χ4n) is 4.77. The van der Waals surface area contributed by atoms with Crippen LogP contribution in [0.1, 0.15) is 19.3 Å². The maximum Gasteiger partial charge on any atom is 0.323 e. The summed E-state index contributed by atoms with van der Waals surface area (Å²) in [6, 6.07) is 27.2. The van der Waals surface area contributed by atoms with Crippen LogP contribution in [0.25, 0.3) is 21.9 Å². The zero-order valence-electron chi connectivity index (χ0n) is 21.0. The highest BCUT2D eigenvalue weighted by molar-refractivity contribution is 6.08. The zero-order valence-corrected chi connectivity index (χ0v) is 21.0. The third kappa shape index (κ3) is 6.04. The van der Waals surface area contributed by atoms with Gasteiger partial charge in [-0.1, -0.05) is 60.7 Å². The summed E-state index contributed by atoms with van der Waals surface area (Å²) in [7, 11) is 1.59. The maximum atomic E-state index is 13.1. The molecule has 4 aromatic rings. The monoisotopic (exact) mass is 496 g/mol. The number of methoxy groups -OCH3 is 1. The van der Waals surface area contributed by atoms with Crippen LogP contribution in [0, 0.1) is 5.92 Å². The first-order valence-corrected chi connectivity index (χ1v) is 12.7. The molecule has 1 atom stereocenters. The van der Waals surface area contributed by atoms with Crippen LogP contribution < -0.4 is 20.1 Å². The predicted octanol–water partition coefficient (Wildman–Crippen LogP) is 7.35. The van der Waals surface area contributed by atoms with Gasteiger partial charge in [-0.25, -0.2) is 4.79 Å². The van der Waals surface area contributed by atoms with Crippen molar-refractivity contribution in [3.05, 3.63) is 84.9 Å². The van der Waals surface area contributed by atoms with Crippen LogP contribution in [0.5, 0.6) is 11.5 Å². The van der Waals surface area contributed by atoms with Gasteiger partial charge in [0.05, 0.1) is 25.1 Å². The molecular weight excluding hydrogens is 464 g/mol. The van der Waals surface area contributed by atoms with E-state index in [0.29, 0.717) is 29.6 Å². The SMILES string of the molecule is COc1ccc(-c2ccccc2)cc1NC(=O)Nc1ccc(OCCC2CCCOC2)c2ccccc12. The van der Waals surface area contributed by atoms with Gasteiger partial charge in [-0.05, 0) is 60.6 Å². The molecule has 0 aromatic heterocycles. The second kappa shape index (κ2) is 11.8. The Bertz CT molecular complexity index is 1350. The van der Waals surface area contributed by atoms with Crippen LogP contribution in [0.3, 0.4) is 0 Å². The highest BCUT2D eigenvalue weighted by Crippen LogP contribution is 2.33. The Morgan fingerprint density at radius 2 is 1.62 bits per heavy atom. The number of amides is 2. The number of fused-ring (bicyclic) bond motifs is 1. The Morgan fingerprint density at radius 1 is 0.865 bits per heavy atom. The summed E-state index contributed by atoms with van der Waals surface area (Å²) >= 11 is 0. The molecular formula is C31H32N2O4. The van der Waals surface area contributed by atoms with E-state index in [-0.39, 0.29) is 6.03 Å². The summed E-state index contributed by atoms with van der Waals surface area (Å²) in [5, 5.41) is 7.83. The summed E-state index contributed by atoms with van der Waals surface area (Å²) in [5.41, 5.74) is 3.35. The number of nitrogens with one attached hydrogen (secondary N) is 2. The van der Waals surface area contributed by atoms with Crippen molar-refractivity contribution in [3.63, 3.8) is 0 Å². The molecule has 5 rings (SSSR count). The minimum atomic E-state index is -0.348. The number of carbonyl (C=O) groups is 1. The van der Waals surface area contributed by atoms with Crippen LogP contribution in [0.2, 0.25) is 0 Å². The highest BCUT2D eigenvalue weighted by atomic mass is 16.5. The van der Waals surface area contributed by atoms with Gasteiger partial charge in [0.2, 0.25) is 0 Å². The molecule has 37 heavy (non-hydrogen) atoms. The molecule has 1 heterocycles. The van der Waals surface area contributed by atoms with Gasteiger partial charge in [0.15, 0.2) is 0 Å². The Hall–Kier alpha value is -4.03. The van der Waals surface area contributed by atoms with Crippen molar-refractivity contribution in [2.45, 2.75) is 19.3 Å². The lowest BCUT2D eigenvalue weighted by molar-refractivity contribution is 0.0463. The number of ether oxygens (including phenoxy) is 3. The molecule has 1 saturated heterocycles. The van der Waals surface area contributed by atoms with Crippen molar-refractivity contribution in [1.29, 1.82) is 0 Å². The number of benzene rings is 4. The molecule has 1 unspecified atom stereocenters. The van der Waals surface area contributed by atoms with Crippen LogP contribution in [-0.4, -0.2) is 33.0 Å². The number of rotatable bonds is 8. The molecule has 0 saturated carbocycles. The van der Waals surface area contributed by atoms with Gasteiger partial charge in [0.25, 0.3) is 0 Å². The molecule has 190 valence electrons. The van der Waals surface area contributed by atoms with E-state index in [9.17, 15) is 4.79 Å². The van der Waals surface area contributed by atoms with E-state index in [0.717, 1.165) is 53.7 Å². The molecule has 6 heteroatoms. The van der Waals surface area contributed by atoms with Crippen LogP contribution in [0.15, 0.2) is 84.9 Å². The van der Waals surface area contributed by atoms with Gasteiger partial charge in [0.1, 0.15) is 11.5 Å². The molecule has 6 nitrogen and oxygen atoms in total. The first kappa shape index (κ1) is 24.7. The average molecular weight is 497 g/mol. The van der Waals surface area contributed by atoms with Crippen molar-refractivity contribution in [1.82, 2.24) is 0 Å². The van der Waals surface area contributed by atoms with Gasteiger partial charge >= 0.3 is 6.03 Å². The quantitative estimate of drug-likeness (QED) is 0.267. The van der Waals surface area contributed by atoms with Crippen molar-refractivity contribution < 1.29 is 19.0 Å². The largest absolute Gasteiger partial charge is 0.495 e. The summed E-state index contributed by atoms with van der Waals surface area (Å²) in [6.07, 6.45) is 3.29. The highest BCUT2D eigenvalue weighted by Gasteiger charge is 2.15. The standard InChI is InChI=1S/C31H32N2O4/c1-35-30-15-13-24(23-9-3-2-4-10-23)20-28(30)33-31(34)32-27-14-16-29(26-12-6-5-11-25(26)27)37-19-17-22-8-7-18-36-21-22/h2-6,9-16,20,22H,7-8,17-19,21H2,1H3,(H2,32,33,34). The summed E-state index contributed by atoms with van der Waals surface area (Å²) < 4.78 is 17.2. The summed E-state index contributed by atoms with van der Waals surface area (Å²) in [5.74, 6) is 1.96. The Kier molecular flexibility index (Phi) is 7.87. The van der Waals surface area contributed by atoms with Crippen molar-refractivity contribution in [2.24, 2.45) is 5.92 Å². The first-order valence-electron chi connectivity index (χ1n) is 12.7. The zero-order chi connectivity index (χ0) is 25.5. The van der Waals surface area contributed by atoms with E-state index < -0.39 is 0 Å². The smallest absolute Gasteiger partial charge is 0.323 e. The van der Waals surface area contributed by atoms with E-state index in [1.807, 2.05) is 84.9 Å². The maximum absolute atomic E-state index is 13.1. The molecule has 0 bridgehead atoms. The van der Waals surface area contributed by atoms with Gasteiger partial charge in [-0.3, -0.25) is 0 Å². The molecule has 4 aromatic carbocycles. The number of hydrogen-bond acceptors (Lipinski definition) is 4. The van der Waals surface area contributed by atoms with E-state index in [1.54, 1.807) is 7.11 Å². The fourth-order valence-corrected chi connectivity index (χ4v) is 4.77. The Morgan fingerprint density at radius 3 is 2.41 bits per heavy atom. The second-order valence-corrected chi connectivity index (χ2v) is 9.24. The molecule has 0 radical (unpaired) electrons. The van der Waals surface area contributed by atoms with E-state index in [1.165, 1.54) is 6.42 Å². The van der Waals surface area contributed by atoms with Crippen molar-refractivity contribution in [2.75, 3.05) is 37.6 Å². The van der Waals surface area contributed by atoms with Crippen LogP contribution >= 0.6 is 0 Å². The molecule has 2 amide bonds. The second-order valence-electron chi connectivity index (χ2n) is 9.24. The van der Waals surface area contributed by atoms with E-state index >= 15 is 0 Å². The third-order valence-electron chi connectivity index (χ3n) is 6.73. The number of hydrogen-bond donors (Lipinski definition) is 2. The van der Waals surface area contributed by atoms with E-state index in [4.69, 9.17) is 14.2 Å². The first-order chi connectivity index (χ1) is 18.2. The normalized spacial score (nSPS) is 15.2. The average Bonchev–Trinajstić information content (AvgIpc) is 2.95. The lowest BCUT2D eigenvalue weighted by Crippen LogP contribution is -2.20. The molecule has 0 spiro atoms. The molecule has 1 fully saturated rings. The lowest BCUT2D eigenvalue weighted by Gasteiger charge is -2.22. The van der Waals surface area contributed by atoms with Gasteiger partial charge in [-0.2, -0.15) is 0 Å². The lowest BCUT2D eigenvalue weighted by atomic mass is 9.99. The van der Waals surface area contributed by atoms with E-state index in [2.05, 4.69) is 10.6 Å². The minimum Gasteiger partial charge on any atom is -0.495 e. The molecule has 0 aliphatic carbocycles.